The van der Waals surface area contributed by atoms with E-state index in [9.17, 15) is 14.7 Å². The number of ether oxygens (including phenoxy) is 5. The Labute approximate surface area is 185 Å². The van der Waals surface area contributed by atoms with Crippen LogP contribution < -0.4 is 18.9 Å². The summed E-state index contributed by atoms with van der Waals surface area (Å²) in [5.41, 5.74) is 0.0636. The summed E-state index contributed by atoms with van der Waals surface area (Å²) in [6.45, 7) is 2.03. The van der Waals surface area contributed by atoms with Crippen molar-refractivity contribution < 1.29 is 38.4 Å². The van der Waals surface area contributed by atoms with Crippen LogP contribution in [0, 0.1) is 0 Å². The molecule has 0 fully saturated rings. The molecule has 0 aliphatic carbocycles. The van der Waals surface area contributed by atoms with E-state index in [0.29, 0.717) is 40.5 Å². The molecule has 4 rings (SSSR count). The van der Waals surface area contributed by atoms with Crippen molar-refractivity contribution in [1.29, 1.82) is 0 Å². The van der Waals surface area contributed by atoms with Crippen LogP contribution in [-0.2, 0) is 27.9 Å². The highest BCUT2D eigenvalue weighted by atomic mass is 16.7. The molecule has 0 aromatic heterocycles. The lowest BCUT2D eigenvalue weighted by molar-refractivity contribution is -0.152. The number of methoxy groups -OCH3 is 2. The first-order valence-corrected chi connectivity index (χ1v) is 10.3. The Hall–Kier alpha value is -3.62. The molecule has 2 aliphatic heterocycles. The molecule has 0 bridgehead atoms. The van der Waals surface area contributed by atoms with Gasteiger partial charge in [0.1, 0.15) is 0 Å². The molecule has 1 atom stereocenters. The topological polar surface area (TPSA) is 104 Å². The number of hydrogen-bond acceptors (Lipinski definition) is 7. The van der Waals surface area contributed by atoms with Crippen LogP contribution in [0.5, 0.6) is 23.0 Å². The lowest BCUT2D eigenvalue weighted by Gasteiger charge is -2.44. The van der Waals surface area contributed by atoms with Crippen LogP contribution in [-0.4, -0.2) is 56.2 Å². The van der Waals surface area contributed by atoms with Crippen LogP contribution in [0.2, 0.25) is 0 Å². The van der Waals surface area contributed by atoms with Gasteiger partial charge in [-0.1, -0.05) is 12.1 Å². The van der Waals surface area contributed by atoms with Gasteiger partial charge in [-0.25, -0.2) is 9.59 Å². The average molecular weight is 443 g/mol. The number of benzene rings is 2. The van der Waals surface area contributed by atoms with Gasteiger partial charge in [-0.15, -0.1) is 0 Å². The number of carbonyl (C=O) groups is 2. The Morgan fingerprint density at radius 2 is 1.91 bits per heavy atom. The summed E-state index contributed by atoms with van der Waals surface area (Å²) < 4.78 is 27.2. The highest BCUT2D eigenvalue weighted by Gasteiger charge is 2.53. The molecule has 0 radical (unpaired) electrons. The number of carbonyl (C=O) groups excluding carboxylic acids is 1. The van der Waals surface area contributed by atoms with Gasteiger partial charge in [0, 0.05) is 18.5 Å². The SMILES string of the molecule is CCOC(=O)N1CCc2cc(OC)c(OC)cc2C1(Cc1cccc2c1OCO2)C(=O)O. The molecule has 32 heavy (non-hydrogen) atoms. The van der Waals surface area contributed by atoms with E-state index in [2.05, 4.69) is 0 Å². The number of aliphatic carboxylic acids is 1. The zero-order valence-electron chi connectivity index (χ0n) is 18.2. The van der Waals surface area contributed by atoms with Gasteiger partial charge in [0.25, 0.3) is 0 Å². The van der Waals surface area contributed by atoms with Gasteiger partial charge >= 0.3 is 12.1 Å². The Balaban J connectivity index is 1.94. The third-order valence-electron chi connectivity index (χ3n) is 5.89. The number of carboxylic acid groups (broad SMARTS) is 1. The van der Waals surface area contributed by atoms with Crippen molar-refractivity contribution in [1.82, 2.24) is 4.90 Å². The third-order valence-corrected chi connectivity index (χ3v) is 5.89. The molecule has 0 spiro atoms. The molecular formula is C23H25NO8. The van der Waals surface area contributed by atoms with Gasteiger partial charge in [-0.2, -0.15) is 0 Å². The summed E-state index contributed by atoms with van der Waals surface area (Å²) >= 11 is 0. The largest absolute Gasteiger partial charge is 0.493 e. The number of nitrogens with zero attached hydrogens (tertiary/aromatic N) is 1. The van der Waals surface area contributed by atoms with Crippen LogP contribution in [0.1, 0.15) is 23.6 Å². The van der Waals surface area contributed by atoms with E-state index in [1.807, 2.05) is 0 Å². The Morgan fingerprint density at radius 1 is 1.16 bits per heavy atom. The predicted molar refractivity (Wildman–Crippen MR) is 113 cm³/mol. The number of para-hydroxylation sites is 1. The molecular weight excluding hydrogens is 418 g/mol. The first-order valence-electron chi connectivity index (χ1n) is 10.3. The second-order valence-corrected chi connectivity index (χ2v) is 7.46. The maximum Gasteiger partial charge on any atom is 0.411 e. The lowest BCUT2D eigenvalue weighted by Crippen LogP contribution is -2.59. The van der Waals surface area contributed by atoms with Crippen LogP contribution in [0.3, 0.4) is 0 Å². The van der Waals surface area contributed by atoms with E-state index < -0.39 is 17.6 Å². The monoisotopic (exact) mass is 443 g/mol. The fourth-order valence-corrected chi connectivity index (χ4v) is 4.43. The fourth-order valence-electron chi connectivity index (χ4n) is 4.43. The van der Waals surface area contributed by atoms with Crippen LogP contribution in [0.25, 0.3) is 0 Å². The smallest absolute Gasteiger partial charge is 0.411 e. The van der Waals surface area contributed by atoms with Gasteiger partial charge in [0.15, 0.2) is 28.5 Å². The zero-order chi connectivity index (χ0) is 22.9. The van der Waals surface area contributed by atoms with E-state index in [1.54, 1.807) is 37.3 Å². The first-order chi connectivity index (χ1) is 15.5. The molecule has 2 aliphatic rings. The number of rotatable bonds is 6. The number of carboxylic acids is 1. The minimum absolute atomic E-state index is 0.0455. The average Bonchev–Trinajstić information content (AvgIpc) is 3.28. The van der Waals surface area contributed by atoms with E-state index in [-0.39, 0.29) is 26.4 Å². The third kappa shape index (κ3) is 3.34. The van der Waals surface area contributed by atoms with Crippen molar-refractivity contribution in [3.63, 3.8) is 0 Å². The summed E-state index contributed by atoms with van der Waals surface area (Å²) in [7, 11) is 3.00. The quantitative estimate of drug-likeness (QED) is 0.727. The lowest BCUT2D eigenvalue weighted by atomic mass is 9.76. The van der Waals surface area contributed by atoms with Crippen molar-refractivity contribution >= 4 is 12.1 Å². The van der Waals surface area contributed by atoms with Crippen molar-refractivity contribution in [2.24, 2.45) is 0 Å². The van der Waals surface area contributed by atoms with Crippen molar-refractivity contribution in [3.05, 3.63) is 47.0 Å². The second-order valence-electron chi connectivity index (χ2n) is 7.46. The summed E-state index contributed by atoms with van der Waals surface area (Å²) in [5, 5.41) is 10.6. The molecule has 2 heterocycles. The first kappa shape index (κ1) is 21.6. The number of hydrogen-bond donors (Lipinski definition) is 1. The standard InChI is InChI=1S/C23H25NO8/c1-4-30-22(27)24-9-8-14-10-18(28-2)19(29-3)11-16(14)23(24,21(25)26)12-15-6-5-7-17-20(15)32-13-31-17/h5-7,10-11H,4,8-9,12-13H2,1-3H3,(H,25,26). The normalized spacial score (nSPS) is 18.7. The Bertz CT molecular complexity index is 1050. The molecule has 170 valence electrons. The van der Waals surface area contributed by atoms with Crippen molar-refractivity contribution in [3.8, 4) is 23.0 Å². The molecule has 0 saturated heterocycles. The summed E-state index contributed by atoms with van der Waals surface area (Å²) in [4.78, 5) is 27.3. The number of amides is 1. The maximum atomic E-state index is 13.0. The molecule has 1 unspecified atom stereocenters. The van der Waals surface area contributed by atoms with Crippen molar-refractivity contribution in [2.45, 2.75) is 25.3 Å². The highest BCUT2D eigenvalue weighted by molar-refractivity contribution is 5.88. The van der Waals surface area contributed by atoms with Gasteiger partial charge in [-0.05, 0) is 42.7 Å². The Kier molecular flexibility index (Phi) is 5.73. The molecule has 1 N–H and O–H groups in total. The fraction of sp³-hybridized carbons (Fsp3) is 0.391. The van der Waals surface area contributed by atoms with Crippen LogP contribution in [0.4, 0.5) is 4.79 Å². The highest BCUT2D eigenvalue weighted by Crippen LogP contribution is 2.46. The Morgan fingerprint density at radius 3 is 2.59 bits per heavy atom. The predicted octanol–water partition coefficient (Wildman–Crippen LogP) is 2.97. The molecule has 2 aromatic rings. The summed E-state index contributed by atoms with van der Waals surface area (Å²) in [6.07, 6.45) is -0.299. The van der Waals surface area contributed by atoms with Crippen LogP contribution >= 0.6 is 0 Å². The van der Waals surface area contributed by atoms with E-state index >= 15 is 0 Å². The van der Waals surface area contributed by atoms with Crippen LogP contribution in [0.15, 0.2) is 30.3 Å². The van der Waals surface area contributed by atoms with E-state index in [1.165, 1.54) is 19.1 Å². The molecule has 9 heteroatoms. The molecule has 1 amide bonds. The van der Waals surface area contributed by atoms with E-state index in [0.717, 1.165) is 5.56 Å². The van der Waals surface area contributed by atoms with Gasteiger partial charge < -0.3 is 28.8 Å². The van der Waals surface area contributed by atoms with Gasteiger partial charge in [0.05, 0.1) is 20.8 Å². The molecule has 2 aromatic carbocycles. The molecule has 0 saturated carbocycles. The van der Waals surface area contributed by atoms with Gasteiger partial charge in [-0.3, -0.25) is 4.90 Å². The summed E-state index contributed by atoms with van der Waals surface area (Å²) in [5.74, 6) is 0.696. The zero-order valence-corrected chi connectivity index (χ0v) is 18.2. The van der Waals surface area contributed by atoms with E-state index in [4.69, 9.17) is 23.7 Å². The van der Waals surface area contributed by atoms with Gasteiger partial charge in [0.2, 0.25) is 6.79 Å². The minimum Gasteiger partial charge on any atom is -0.493 e. The molecule has 9 nitrogen and oxygen atoms in total. The second kappa shape index (κ2) is 8.49. The van der Waals surface area contributed by atoms with Crippen molar-refractivity contribution in [2.75, 3.05) is 34.2 Å². The minimum atomic E-state index is -1.75. The summed E-state index contributed by atoms with van der Waals surface area (Å²) in [6, 6.07) is 8.70. The number of fused-ring (bicyclic) bond motifs is 2. The maximum absolute atomic E-state index is 13.0.